The SMILES string of the molecule is CC(Oc1cccc(C#N)c1)C(=O)NCC(C1CCOC1)N1CCOCC1. The fraction of sp³-hybridized carbons (Fsp3) is 0.600. The van der Waals surface area contributed by atoms with Gasteiger partial charge in [-0.05, 0) is 31.5 Å². The number of ether oxygens (including phenoxy) is 3. The lowest BCUT2D eigenvalue weighted by Gasteiger charge is -2.37. The molecule has 3 atom stereocenters. The van der Waals surface area contributed by atoms with Crippen molar-refractivity contribution >= 4 is 5.91 Å². The summed E-state index contributed by atoms with van der Waals surface area (Å²) in [4.78, 5) is 14.9. The number of hydrogen-bond donors (Lipinski definition) is 1. The fourth-order valence-corrected chi connectivity index (χ4v) is 3.60. The molecule has 7 nitrogen and oxygen atoms in total. The van der Waals surface area contributed by atoms with Crippen LogP contribution in [0.15, 0.2) is 24.3 Å². The van der Waals surface area contributed by atoms with Gasteiger partial charge >= 0.3 is 0 Å². The maximum absolute atomic E-state index is 12.5. The van der Waals surface area contributed by atoms with Gasteiger partial charge in [0.25, 0.3) is 5.91 Å². The summed E-state index contributed by atoms with van der Waals surface area (Å²) in [6, 6.07) is 9.14. The average Bonchev–Trinajstić information content (AvgIpc) is 3.23. The third-order valence-corrected chi connectivity index (χ3v) is 5.15. The minimum absolute atomic E-state index is 0.158. The Morgan fingerprint density at radius 1 is 1.37 bits per heavy atom. The van der Waals surface area contributed by atoms with E-state index in [-0.39, 0.29) is 11.9 Å². The molecule has 0 aliphatic carbocycles. The van der Waals surface area contributed by atoms with Crippen LogP contribution in [0.25, 0.3) is 0 Å². The number of carbonyl (C=O) groups is 1. The molecule has 2 aliphatic rings. The first-order chi connectivity index (χ1) is 13.2. The number of morpholine rings is 1. The van der Waals surface area contributed by atoms with E-state index in [4.69, 9.17) is 19.5 Å². The summed E-state index contributed by atoms with van der Waals surface area (Å²) in [6.07, 6.45) is 0.384. The van der Waals surface area contributed by atoms with Crippen molar-refractivity contribution in [2.75, 3.05) is 46.1 Å². The van der Waals surface area contributed by atoms with Crippen LogP contribution in [0.1, 0.15) is 18.9 Å². The van der Waals surface area contributed by atoms with E-state index in [0.717, 1.165) is 45.9 Å². The van der Waals surface area contributed by atoms with E-state index in [1.807, 2.05) is 0 Å². The lowest BCUT2D eigenvalue weighted by atomic mass is 9.97. The first-order valence-electron chi connectivity index (χ1n) is 9.51. The zero-order valence-electron chi connectivity index (χ0n) is 15.7. The van der Waals surface area contributed by atoms with Crippen LogP contribution < -0.4 is 10.1 Å². The van der Waals surface area contributed by atoms with Crippen molar-refractivity contribution in [3.05, 3.63) is 29.8 Å². The number of nitrogens with one attached hydrogen (secondary N) is 1. The van der Waals surface area contributed by atoms with Crippen LogP contribution in [0.4, 0.5) is 0 Å². The van der Waals surface area contributed by atoms with Crippen molar-refractivity contribution in [2.45, 2.75) is 25.5 Å². The van der Waals surface area contributed by atoms with Gasteiger partial charge in [0.2, 0.25) is 0 Å². The second-order valence-electron chi connectivity index (χ2n) is 6.98. The van der Waals surface area contributed by atoms with Gasteiger partial charge in [-0.1, -0.05) is 6.07 Å². The van der Waals surface area contributed by atoms with E-state index in [9.17, 15) is 4.79 Å². The molecule has 0 saturated carbocycles. The highest BCUT2D eigenvalue weighted by atomic mass is 16.5. The minimum Gasteiger partial charge on any atom is -0.481 e. The number of carbonyl (C=O) groups excluding carboxylic acids is 1. The van der Waals surface area contributed by atoms with Crippen molar-refractivity contribution < 1.29 is 19.0 Å². The molecule has 7 heteroatoms. The largest absolute Gasteiger partial charge is 0.481 e. The number of amides is 1. The van der Waals surface area contributed by atoms with Crippen molar-refractivity contribution in [1.29, 1.82) is 5.26 Å². The molecule has 2 saturated heterocycles. The number of nitriles is 1. The van der Waals surface area contributed by atoms with Crippen LogP contribution in [0, 0.1) is 17.2 Å². The van der Waals surface area contributed by atoms with Gasteiger partial charge in [0.05, 0.1) is 31.5 Å². The molecular formula is C20H27N3O4. The average molecular weight is 373 g/mol. The predicted molar refractivity (Wildman–Crippen MR) is 99.4 cm³/mol. The molecule has 146 valence electrons. The summed E-state index contributed by atoms with van der Waals surface area (Å²) in [6.45, 7) is 7.03. The molecule has 0 bridgehead atoms. The highest BCUT2D eigenvalue weighted by Gasteiger charge is 2.32. The quantitative estimate of drug-likeness (QED) is 0.773. The van der Waals surface area contributed by atoms with Crippen molar-refractivity contribution in [3.8, 4) is 11.8 Å². The molecule has 1 amide bonds. The van der Waals surface area contributed by atoms with E-state index in [1.165, 1.54) is 0 Å². The molecular weight excluding hydrogens is 346 g/mol. The van der Waals surface area contributed by atoms with Crippen LogP contribution in [0.2, 0.25) is 0 Å². The Labute approximate surface area is 160 Å². The Bertz CT molecular complexity index is 663. The Morgan fingerprint density at radius 3 is 2.89 bits per heavy atom. The van der Waals surface area contributed by atoms with Crippen LogP contribution in [-0.2, 0) is 14.3 Å². The summed E-state index contributed by atoms with van der Waals surface area (Å²) < 4.78 is 16.7. The molecule has 0 radical (unpaired) electrons. The molecule has 1 aromatic carbocycles. The highest BCUT2D eigenvalue weighted by Crippen LogP contribution is 2.22. The summed E-state index contributed by atoms with van der Waals surface area (Å²) >= 11 is 0. The smallest absolute Gasteiger partial charge is 0.260 e. The topological polar surface area (TPSA) is 83.8 Å². The number of nitrogens with zero attached hydrogens (tertiary/aromatic N) is 2. The molecule has 2 heterocycles. The van der Waals surface area contributed by atoms with Gasteiger partial charge in [0.15, 0.2) is 6.10 Å². The van der Waals surface area contributed by atoms with Gasteiger partial charge in [0.1, 0.15) is 5.75 Å². The molecule has 3 rings (SSSR count). The molecule has 2 fully saturated rings. The van der Waals surface area contributed by atoms with Gasteiger partial charge in [-0.25, -0.2) is 0 Å². The van der Waals surface area contributed by atoms with Crippen LogP contribution in [0.5, 0.6) is 5.75 Å². The zero-order chi connectivity index (χ0) is 19.1. The van der Waals surface area contributed by atoms with Crippen LogP contribution >= 0.6 is 0 Å². The number of benzene rings is 1. The van der Waals surface area contributed by atoms with Gasteiger partial charge < -0.3 is 19.5 Å². The third-order valence-electron chi connectivity index (χ3n) is 5.15. The van der Waals surface area contributed by atoms with E-state index < -0.39 is 6.10 Å². The Hall–Kier alpha value is -2.14. The molecule has 3 unspecified atom stereocenters. The number of hydrogen-bond acceptors (Lipinski definition) is 6. The lowest BCUT2D eigenvalue weighted by Crippen LogP contribution is -2.53. The Kier molecular flexibility index (Phi) is 7.04. The fourth-order valence-electron chi connectivity index (χ4n) is 3.60. The maximum Gasteiger partial charge on any atom is 0.260 e. The van der Waals surface area contributed by atoms with Gasteiger partial charge in [-0.3, -0.25) is 9.69 Å². The normalized spacial score (nSPS) is 22.6. The molecule has 1 aromatic rings. The Morgan fingerprint density at radius 2 is 2.19 bits per heavy atom. The van der Waals surface area contributed by atoms with Crippen LogP contribution in [0.3, 0.4) is 0 Å². The first kappa shape index (κ1) is 19.6. The third kappa shape index (κ3) is 5.42. The van der Waals surface area contributed by atoms with Gasteiger partial charge in [-0.2, -0.15) is 5.26 Å². The molecule has 2 aliphatic heterocycles. The Balaban J connectivity index is 1.55. The van der Waals surface area contributed by atoms with E-state index in [0.29, 0.717) is 23.8 Å². The summed E-state index contributed by atoms with van der Waals surface area (Å²) in [5, 5.41) is 12.0. The molecule has 0 aromatic heterocycles. The van der Waals surface area contributed by atoms with E-state index >= 15 is 0 Å². The highest BCUT2D eigenvalue weighted by molar-refractivity contribution is 5.80. The van der Waals surface area contributed by atoms with Crippen LogP contribution in [-0.4, -0.2) is 69.0 Å². The second-order valence-corrected chi connectivity index (χ2v) is 6.98. The lowest BCUT2D eigenvalue weighted by molar-refractivity contribution is -0.127. The minimum atomic E-state index is -0.635. The molecule has 1 N–H and O–H groups in total. The van der Waals surface area contributed by atoms with Crippen molar-refractivity contribution in [3.63, 3.8) is 0 Å². The van der Waals surface area contributed by atoms with E-state index in [2.05, 4.69) is 16.3 Å². The monoisotopic (exact) mass is 373 g/mol. The zero-order valence-corrected chi connectivity index (χ0v) is 15.7. The van der Waals surface area contributed by atoms with Gasteiger partial charge in [-0.15, -0.1) is 0 Å². The summed E-state index contributed by atoms with van der Waals surface area (Å²) in [5.74, 6) is 0.784. The predicted octanol–water partition coefficient (Wildman–Crippen LogP) is 1.18. The first-order valence-corrected chi connectivity index (χ1v) is 9.51. The van der Waals surface area contributed by atoms with Crippen molar-refractivity contribution in [1.82, 2.24) is 10.2 Å². The molecule has 27 heavy (non-hydrogen) atoms. The van der Waals surface area contributed by atoms with Crippen molar-refractivity contribution in [2.24, 2.45) is 5.92 Å². The van der Waals surface area contributed by atoms with E-state index in [1.54, 1.807) is 31.2 Å². The second kappa shape index (κ2) is 9.70. The standard InChI is InChI=1S/C20H27N3O4/c1-15(27-18-4-2-3-16(11-18)12-21)20(24)22-13-19(17-5-8-26-14-17)23-6-9-25-10-7-23/h2-4,11,15,17,19H,5-10,13-14H2,1H3,(H,22,24). The number of rotatable bonds is 7. The summed E-state index contributed by atoms with van der Waals surface area (Å²) in [7, 11) is 0. The maximum atomic E-state index is 12.5. The summed E-state index contributed by atoms with van der Waals surface area (Å²) in [5.41, 5.74) is 0.508. The molecule has 0 spiro atoms. The van der Waals surface area contributed by atoms with Gasteiger partial charge in [0, 0.05) is 38.2 Å².